The minimum atomic E-state index is -0.778. The summed E-state index contributed by atoms with van der Waals surface area (Å²) in [4.78, 5) is 36.5. The van der Waals surface area contributed by atoms with E-state index in [0.29, 0.717) is 22.1 Å². The molecule has 1 unspecified atom stereocenters. The van der Waals surface area contributed by atoms with Crippen molar-refractivity contribution in [1.82, 2.24) is 10.6 Å². The van der Waals surface area contributed by atoms with Gasteiger partial charge in [-0.15, -0.1) is 11.3 Å². The van der Waals surface area contributed by atoms with Crippen molar-refractivity contribution in [2.75, 3.05) is 11.9 Å². The van der Waals surface area contributed by atoms with Crippen LogP contribution in [0.15, 0.2) is 36.4 Å². The van der Waals surface area contributed by atoms with Crippen LogP contribution >= 0.6 is 22.9 Å². The number of amides is 3. The number of anilines is 1. The Labute approximate surface area is 154 Å². The molecule has 1 aromatic heterocycles. The summed E-state index contributed by atoms with van der Waals surface area (Å²) in [5.41, 5.74) is 0.910. The molecular weight excluding hydrogens is 362 g/mol. The molecule has 25 heavy (non-hydrogen) atoms. The number of carbonyl (C=O) groups is 3. The third-order valence-electron chi connectivity index (χ3n) is 3.32. The fraction of sp³-hybridized carbons (Fsp3) is 0.235. The van der Waals surface area contributed by atoms with E-state index in [9.17, 15) is 14.4 Å². The van der Waals surface area contributed by atoms with Crippen molar-refractivity contribution >= 4 is 46.3 Å². The largest absolute Gasteiger partial charge is 0.352 e. The molecule has 0 bridgehead atoms. The Bertz CT molecular complexity index is 774. The first-order chi connectivity index (χ1) is 11.9. The highest BCUT2D eigenvalue weighted by Crippen LogP contribution is 2.26. The maximum Gasteiger partial charge on any atom is 0.313 e. The smallest absolute Gasteiger partial charge is 0.313 e. The molecule has 1 aromatic carbocycles. The Hall–Kier alpha value is -2.38. The van der Waals surface area contributed by atoms with Gasteiger partial charge >= 0.3 is 11.8 Å². The van der Waals surface area contributed by atoms with Gasteiger partial charge in [-0.1, -0.05) is 11.6 Å². The lowest BCUT2D eigenvalue weighted by atomic mass is 10.2. The predicted octanol–water partition coefficient (Wildman–Crippen LogP) is 2.97. The molecule has 1 atom stereocenters. The van der Waals surface area contributed by atoms with E-state index in [1.54, 1.807) is 43.3 Å². The summed E-state index contributed by atoms with van der Waals surface area (Å²) in [6.07, 6.45) is 0. The van der Waals surface area contributed by atoms with Gasteiger partial charge in [0.05, 0.1) is 10.4 Å². The Balaban J connectivity index is 1.92. The molecule has 0 spiro atoms. The lowest BCUT2D eigenvalue weighted by Gasteiger charge is -2.12. The van der Waals surface area contributed by atoms with Gasteiger partial charge in [0.1, 0.15) is 0 Å². The number of carbonyl (C=O) groups excluding carboxylic acids is 3. The Morgan fingerprint density at radius 2 is 1.76 bits per heavy atom. The molecule has 0 saturated heterocycles. The van der Waals surface area contributed by atoms with Crippen LogP contribution in [0, 0.1) is 0 Å². The lowest BCUT2D eigenvalue weighted by Crippen LogP contribution is -2.36. The molecule has 132 valence electrons. The second kappa shape index (κ2) is 8.64. The van der Waals surface area contributed by atoms with Gasteiger partial charge in [0.25, 0.3) is 5.91 Å². The summed E-state index contributed by atoms with van der Waals surface area (Å²) in [7, 11) is 0. The molecule has 0 aliphatic heterocycles. The fourth-order valence-corrected chi connectivity index (χ4v) is 3.11. The van der Waals surface area contributed by atoms with Gasteiger partial charge in [0.15, 0.2) is 0 Å². The number of hydrogen-bond donors (Lipinski definition) is 3. The second-order valence-corrected chi connectivity index (χ2v) is 6.97. The summed E-state index contributed by atoms with van der Waals surface area (Å²) in [5, 5.41) is 7.79. The van der Waals surface area contributed by atoms with Gasteiger partial charge in [0, 0.05) is 22.7 Å². The van der Waals surface area contributed by atoms with E-state index < -0.39 is 11.8 Å². The number of halogens is 1. The third-order valence-corrected chi connectivity index (χ3v) is 4.73. The number of nitrogens with one attached hydrogen (secondary N) is 3. The molecule has 3 amide bonds. The van der Waals surface area contributed by atoms with E-state index in [1.807, 2.05) is 6.92 Å². The molecule has 0 fully saturated rings. The van der Waals surface area contributed by atoms with Crippen LogP contribution in [-0.4, -0.2) is 24.3 Å². The number of thiophene rings is 1. The van der Waals surface area contributed by atoms with Gasteiger partial charge in [-0.05, 0) is 50.2 Å². The molecule has 3 N–H and O–H groups in total. The van der Waals surface area contributed by atoms with Crippen LogP contribution in [-0.2, 0) is 9.59 Å². The monoisotopic (exact) mass is 379 g/mol. The van der Waals surface area contributed by atoms with Crippen LogP contribution in [0.5, 0.6) is 0 Å². The highest BCUT2D eigenvalue weighted by Gasteiger charge is 2.18. The van der Waals surface area contributed by atoms with Crippen LogP contribution in [0.2, 0.25) is 4.34 Å². The van der Waals surface area contributed by atoms with Crippen molar-refractivity contribution < 1.29 is 14.4 Å². The van der Waals surface area contributed by atoms with E-state index in [0.717, 1.165) is 4.88 Å². The second-order valence-electron chi connectivity index (χ2n) is 5.23. The first-order valence-corrected chi connectivity index (χ1v) is 8.85. The fourth-order valence-electron chi connectivity index (χ4n) is 2.05. The topological polar surface area (TPSA) is 87.3 Å². The summed E-state index contributed by atoms with van der Waals surface area (Å²) in [5.74, 6) is -1.72. The molecule has 8 heteroatoms. The highest BCUT2D eigenvalue weighted by atomic mass is 35.5. The van der Waals surface area contributed by atoms with E-state index in [1.165, 1.54) is 11.3 Å². The number of hydrogen-bond acceptors (Lipinski definition) is 4. The summed E-state index contributed by atoms with van der Waals surface area (Å²) in [6.45, 7) is 4.13. The third kappa shape index (κ3) is 5.30. The maximum atomic E-state index is 12.0. The van der Waals surface area contributed by atoms with E-state index >= 15 is 0 Å². The minimum absolute atomic E-state index is 0.193. The molecule has 2 rings (SSSR count). The Morgan fingerprint density at radius 1 is 1.08 bits per heavy atom. The average Bonchev–Trinajstić information content (AvgIpc) is 3.02. The average molecular weight is 380 g/mol. The van der Waals surface area contributed by atoms with Gasteiger partial charge in [0.2, 0.25) is 0 Å². The molecule has 0 radical (unpaired) electrons. The van der Waals surface area contributed by atoms with Crippen LogP contribution < -0.4 is 16.0 Å². The van der Waals surface area contributed by atoms with Crippen LogP contribution in [0.3, 0.4) is 0 Å². The van der Waals surface area contributed by atoms with Crippen LogP contribution in [0.4, 0.5) is 5.69 Å². The SMILES string of the molecule is CCNC(=O)c1ccc(NC(=O)C(=O)NC(C)c2ccc(Cl)s2)cc1. The van der Waals surface area contributed by atoms with E-state index in [-0.39, 0.29) is 11.9 Å². The molecule has 0 aliphatic carbocycles. The zero-order chi connectivity index (χ0) is 18.4. The zero-order valence-corrected chi connectivity index (χ0v) is 15.3. The van der Waals surface area contributed by atoms with Crippen LogP contribution in [0.1, 0.15) is 35.1 Å². The summed E-state index contributed by atoms with van der Waals surface area (Å²) < 4.78 is 0.618. The molecule has 1 heterocycles. The van der Waals surface area contributed by atoms with Crippen molar-refractivity contribution in [2.45, 2.75) is 19.9 Å². The summed E-state index contributed by atoms with van der Waals surface area (Å²) >= 11 is 7.21. The Kier molecular flexibility index (Phi) is 6.55. The van der Waals surface area contributed by atoms with Gasteiger partial charge in [-0.25, -0.2) is 0 Å². The first kappa shape index (κ1) is 19.0. The standard InChI is InChI=1S/C17H18ClN3O3S/c1-3-19-15(22)11-4-6-12(7-5-11)21-17(24)16(23)20-10(2)13-8-9-14(18)25-13/h4-10H,3H2,1-2H3,(H,19,22)(H,20,23)(H,21,24). The van der Waals surface area contributed by atoms with Crippen LogP contribution in [0.25, 0.3) is 0 Å². The van der Waals surface area contributed by atoms with E-state index in [2.05, 4.69) is 16.0 Å². The predicted molar refractivity (Wildman–Crippen MR) is 99.0 cm³/mol. The number of rotatable bonds is 5. The van der Waals surface area contributed by atoms with Crippen molar-refractivity contribution in [3.63, 3.8) is 0 Å². The van der Waals surface area contributed by atoms with Gasteiger partial charge < -0.3 is 16.0 Å². The van der Waals surface area contributed by atoms with Gasteiger partial charge in [-0.2, -0.15) is 0 Å². The first-order valence-electron chi connectivity index (χ1n) is 7.66. The van der Waals surface area contributed by atoms with Crippen molar-refractivity contribution in [3.8, 4) is 0 Å². The van der Waals surface area contributed by atoms with Crippen molar-refractivity contribution in [2.24, 2.45) is 0 Å². The maximum absolute atomic E-state index is 12.0. The zero-order valence-electron chi connectivity index (χ0n) is 13.8. The highest BCUT2D eigenvalue weighted by molar-refractivity contribution is 7.16. The Morgan fingerprint density at radius 3 is 2.32 bits per heavy atom. The molecule has 0 saturated carbocycles. The number of benzene rings is 1. The van der Waals surface area contributed by atoms with Gasteiger partial charge in [-0.3, -0.25) is 14.4 Å². The lowest BCUT2D eigenvalue weighted by molar-refractivity contribution is -0.136. The summed E-state index contributed by atoms with van der Waals surface area (Å²) in [6, 6.07) is 9.51. The normalized spacial score (nSPS) is 11.5. The molecule has 6 nitrogen and oxygen atoms in total. The quantitative estimate of drug-likeness (QED) is 0.698. The molecule has 0 aliphatic rings. The van der Waals surface area contributed by atoms with Crippen molar-refractivity contribution in [1.29, 1.82) is 0 Å². The minimum Gasteiger partial charge on any atom is -0.352 e. The van der Waals surface area contributed by atoms with E-state index in [4.69, 9.17) is 11.6 Å². The molecule has 2 aromatic rings. The van der Waals surface area contributed by atoms with Crippen molar-refractivity contribution in [3.05, 3.63) is 51.2 Å². The molecular formula is C17H18ClN3O3S.